The van der Waals surface area contributed by atoms with Crippen molar-refractivity contribution >= 4 is 11.9 Å². The molecule has 73 heavy (non-hydrogen) atoms. The Labute approximate surface area is 456 Å². The Morgan fingerprint density at radius 2 is 0.685 bits per heavy atom. The molecule has 0 aromatic heterocycles. The second kappa shape index (κ2) is 62.9. The summed E-state index contributed by atoms with van der Waals surface area (Å²) in [5.41, 5.74) is 0. The van der Waals surface area contributed by atoms with Crippen LogP contribution in [0, 0.1) is 0 Å². The van der Waals surface area contributed by atoms with E-state index in [9.17, 15) is 19.8 Å². The molecule has 0 aliphatic rings. The topological polar surface area (TPSA) is 95.9 Å². The van der Waals surface area contributed by atoms with Crippen LogP contribution >= 0.6 is 0 Å². The van der Waals surface area contributed by atoms with Gasteiger partial charge in [-0.2, -0.15) is 0 Å². The van der Waals surface area contributed by atoms with Gasteiger partial charge in [0.25, 0.3) is 0 Å². The molecule has 3 N–H and O–H groups in total. The molecule has 0 aromatic carbocycles. The second-order valence-corrected chi connectivity index (χ2v) is 22.8. The van der Waals surface area contributed by atoms with Crippen molar-refractivity contribution in [1.82, 2.24) is 5.32 Å². The molecule has 2 unspecified atom stereocenters. The van der Waals surface area contributed by atoms with Crippen LogP contribution < -0.4 is 5.32 Å². The Morgan fingerprint density at radius 1 is 0.384 bits per heavy atom. The van der Waals surface area contributed by atoms with Crippen molar-refractivity contribution in [3.8, 4) is 0 Å². The summed E-state index contributed by atoms with van der Waals surface area (Å²) in [6.07, 6.45) is 77.6. The van der Waals surface area contributed by atoms with Crippen molar-refractivity contribution in [2.75, 3.05) is 13.2 Å². The molecule has 0 aliphatic carbocycles. The van der Waals surface area contributed by atoms with Gasteiger partial charge in [-0.25, -0.2) is 0 Å². The maximum atomic E-state index is 12.5. The summed E-state index contributed by atoms with van der Waals surface area (Å²) in [6.45, 7) is 4.95. The number of hydrogen-bond acceptors (Lipinski definition) is 5. The van der Waals surface area contributed by atoms with Gasteiger partial charge in [-0.15, -0.1) is 0 Å². The van der Waals surface area contributed by atoms with Crippen LogP contribution in [0.25, 0.3) is 0 Å². The minimum Gasteiger partial charge on any atom is -0.466 e. The van der Waals surface area contributed by atoms with E-state index in [2.05, 4.69) is 43.5 Å². The molecular formula is C67H129NO5. The zero-order valence-corrected chi connectivity index (χ0v) is 49.4. The molecule has 0 spiro atoms. The molecule has 0 rings (SSSR count). The number of rotatable bonds is 62. The fourth-order valence-electron chi connectivity index (χ4n) is 10.4. The number of esters is 1. The fourth-order valence-corrected chi connectivity index (χ4v) is 10.4. The highest BCUT2D eigenvalue weighted by Gasteiger charge is 2.20. The number of aliphatic hydroxyl groups excluding tert-OH is 2. The Kier molecular flexibility index (Phi) is 61.4. The van der Waals surface area contributed by atoms with Gasteiger partial charge in [-0.1, -0.05) is 321 Å². The summed E-state index contributed by atoms with van der Waals surface area (Å²) < 4.78 is 5.49. The molecule has 0 radical (unpaired) electrons. The van der Waals surface area contributed by atoms with Crippen LogP contribution in [0.1, 0.15) is 367 Å². The molecule has 1 amide bonds. The zero-order chi connectivity index (χ0) is 52.9. The van der Waals surface area contributed by atoms with Crippen molar-refractivity contribution in [1.29, 1.82) is 0 Å². The van der Waals surface area contributed by atoms with E-state index in [1.54, 1.807) is 0 Å². The lowest BCUT2D eigenvalue weighted by molar-refractivity contribution is -0.143. The van der Waals surface area contributed by atoms with Gasteiger partial charge in [0.1, 0.15) is 0 Å². The number of unbranched alkanes of at least 4 members (excludes halogenated alkanes) is 47. The van der Waals surface area contributed by atoms with Crippen LogP contribution in [-0.2, 0) is 14.3 Å². The third-order valence-corrected chi connectivity index (χ3v) is 15.5. The van der Waals surface area contributed by atoms with E-state index in [-0.39, 0.29) is 18.5 Å². The molecule has 0 heterocycles. The van der Waals surface area contributed by atoms with E-state index in [4.69, 9.17) is 4.74 Å². The minimum atomic E-state index is -0.669. The van der Waals surface area contributed by atoms with E-state index in [1.165, 1.54) is 283 Å². The molecule has 0 bridgehead atoms. The fraction of sp³-hybridized carbons (Fsp3) is 0.910. The van der Waals surface area contributed by atoms with E-state index in [0.29, 0.717) is 25.9 Å². The van der Waals surface area contributed by atoms with Gasteiger partial charge in [0.15, 0.2) is 0 Å². The molecule has 6 heteroatoms. The summed E-state index contributed by atoms with van der Waals surface area (Å²) >= 11 is 0. The Morgan fingerprint density at radius 3 is 1.07 bits per heavy atom. The first-order valence-electron chi connectivity index (χ1n) is 33.1. The predicted octanol–water partition coefficient (Wildman–Crippen LogP) is 21.0. The molecule has 0 saturated carbocycles. The highest BCUT2D eigenvalue weighted by atomic mass is 16.5. The summed E-state index contributed by atoms with van der Waals surface area (Å²) in [7, 11) is 0. The smallest absolute Gasteiger partial charge is 0.305 e. The molecule has 6 nitrogen and oxygen atoms in total. The number of hydrogen-bond donors (Lipinski definition) is 3. The van der Waals surface area contributed by atoms with Gasteiger partial charge in [-0.05, 0) is 57.8 Å². The van der Waals surface area contributed by atoms with Gasteiger partial charge in [-0.3, -0.25) is 9.59 Å². The van der Waals surface area contributed by atoms with E-state index < -0.39 is 12.1 Å². The standard InChI is InChI=1S/C67H129NO5/c1-3-5-7-9-11-13-15-17-19-21-22-23-24-25-28-31-35-39-43-47-51-55-59-65(70)64(63-69)68-66(71)60-56-52-48-44-40-36-32-29-26-30-34-38-42-46-50-54-58-62-73-67(72)61-57-53-49-45-41-37-33-27-20-18-16-14-12-10-8-6-4-2/h12,14,18,20,64-65,69-70H,3-11,13,15-17,19,21-63H2,1-2H3,(H,68,71)/b14-12-,20-18-. The van der Waals surface area contributed by atoms with Gasteiger partial charge in [0, 0.05) is 12.8 Å². The maximum Gasteiger partial charge on any atom is 0.305 e. The number of carbonyl (C=O) groups excluding carboxylic acids is 2. The van der Waals surface area contributed by atoms with Crippen LogP contribution in [-0.4, -0.2) is 47.4 Å². The first-order valence-corrected chi connectivity index (χ1v) is 33.1. The Bertz CT molecular complexity index is 1140. The number of amides is 1. The van der Waals surface area contributed by atoms with Gasteiger partial charge in [0.2, 0.25) is 5.91 Å². The molecule has 0 aromatic rings. The van der Waals surface area contributed by atoms with E-state index in [1.807, 2.05) is 0 Å². The second-order valence-electron chi connectivity index (χ2n) is 22.8. The zero-order valence-electron chi connectivity index (χ0n) is 49.4. The molecule has 0 saturated heterocycles. The van der Waals surface area contributed by atoms with Crippen molar-refractivity contribution < 1.29 is 24.5 Å². The van der Waals surface area contributed by atoms with Gasteiger partial charge < -0.3 is 20.3 Å². The average molecular weight is 1030 g/mol. The summed E-state index contributed by atoms with van der Waals surface area (Å²) in [5.74, 6) is -0.0378. The normalized spacial score (nSPS) is 12.7. The first kappa shape index (κ1) is 71.3. The molecule has 0 aliphatic heterocycles. The predicted molar refractivity (Wildman–Crippen MR) is 320 cm³/mol. The molecule has 432 valence electrons. The van der Waals surface area contributed by atoms with Crippen LogP contribution in [0.4, 0.5) is 0 Å². The molecule has 0 fully saturated rings. The van der Waals surface area contributed by atoms with Crippen LogP contribution in [0.15, 0.2) is 24.3 Å². The largest absolute Gasteiger partial charge is 0.466 e. The SMILES string of the molecule is CCCCC/C=C\C/C=C\CCCCCCCCCC(=O)OCCCCCCCCCCCCCCCCCCCC(=O)NC(CO)C(O)CCCCCCCCCCCCCCCCCCCCCCCC. The lowest BCUT2D eigenvalue weighted by atomic mass is 10.0. The van der Waals surface area contributed by atoms with Crippen molar-refractivity contribution in [3.63, 3.8) is 0 Å². The minimum absolute atomic E-state index is 0.00133. The molecule has 2 atom stereocenters. The number of ether oxygens (including phenoxy) is 1. The number of aliphatic hydroxyl groups is 2. The Hall–Kier alpha value is -1.66. The lowest BCUT2D eigenvalue weighted by Crippen LogP contribution is -2.45. The highest BCUT2D eigenvalue weighted by Crippen LogP contribution is 2.18. The third-order valence-electron chi connectivity index (χ3n) is 15.5. The van der Waals surface area contributed by atoms with E-state index in [0.717, 1.165) is 51.4 Å². The van der Waals surface area contributed by atoms with Gasteiger partial charge in [0.05, 0.1) is 25.4 Å². The molecular weight excluding hydrogens is 899 g/mol. The highest BCUT2D eigenvalue weighted by molar-refractivity contribution is 5.76. The maximum absolute atomic E-state index is 12.5. The van der Waals surface area contributed by atoms with Crippen LogP contribution in [0.5, 0.6) is 0 Å². The van der Waals surface area contributed by atoms with Gasteiger partial charge >= 0.3 is 5.97 Å². The van der Waals surface area contributed by atoms with E-state index >= 15 is 0 Å². The van der Waals surface area contributed by atoms with Crippen molar-refractivity contribution in [3.05, 3.63) is 24.3 Å². The quantitative estimate of drug-likeness (QED) is 0.0320. The Balaban J connectivity index is 3.41. The summed E-state index contributed by atoms with van der Waals surface area (Å²) in [5, 5.41) is 23.4. The van der Waals surface area contributed by atoms with Crippen LogP contribution in [0.2, 0.25) is 0 Å². The monoisotopic (exact) mass is 1030 g/mol. The third kappa shape index (κ3) is 59.4. The van der Waals surface area contributed by atoms with Crippen LogP contribution in [0.3, 0.4) is 0 Å². The summed E-state index contributed by atoms with van der Waals surface area (Å²) in [4.78, 5) is 24.6. The number of allylic oxidation sites excluding steroid dienone is 4. The average Bonchev–Trinajstić information content (AvgIpc) is 3.39. The first-order chi connectivity index (χ1) is 36.0. The summed E-state index contributed by atoms with van der Waals surface area (Å²) in [6, 6.07) is -0.547. The van der Waals surface area contributed by atoms with Crippen molar-refractivity contribution in [2.24, 2.45) is 0 Å². The number of nitrogens with one attached hydrogen (secondary N) is 1. The van der Waals surface area contributed by atoms with Crippen molar-refractivity contribution in [2.45, 2.75) is 379 Å². The number of carbonyl (C=O) groups is 2. The lowest BCUT2D eigenvalue weighted by Gasteiger charge is -2.22.